The second kappa shape index (κ2) is 12.1. The minimum Gasteiger partial charge on any atom is -0.481 e. The molecule has 5 atom stereocenters. The number of aliphatic carboxylic acids is 2. The lowest BCUT2D eigenvalue weighted by Crippen LogP contribution is -2.58. The summed E-state index contributed by atoms with van der Waals surface area (Å²) in [5.74, 6) is -4.87. The summed E-state index contributed by atoms with van der Waals surface area (Å²) in [6.07, 6.45) is 3.78. The molecule has 1 fully saturated rings. The van der Waals surface area contributed by atoms with Crippen molar-refractivity contribution in [2.75, 3.05) is 6.54 Å². The number of likely N-dealkylation sites (tertiary alicyclic amines) is 1. The van der Waals surface area contributed by atoms with E-state index in [1.807, 2.05) is 6.92 Å². The van der Waals surface area contributed by atoms with E-state index in [9.17, 15) is 29.1 Å². The normalized spacial score (nSPS) is 19.0. The summed E-state index contributed by atoms with van der Waals surface area (Å²) in [7, 11) is 0. The highest BCUT2D eigenvalue weighted by Gasteiger charge is 2.40. The Kier molecular flexibility index (Phi) is 9.54. The second-order valence-electron chi connectivity index (χ2n) is 8.45. The van der Waals surface area contributed by atoms with Gasteiger partial charge in [-0.25, -0.2) is 9.78 Å². The highest BCUT2D eigenvalue weighted by Crippen LogP contribution is 2.22. The van der Waals surface area contributed by atoms with E-state index < -0.39 is 60.2 Å². The summed E-state index contributed by atoms with van der Waals surface area (Å²) in [5.41, 5.74) is 6.66. The van der Waals surface area contributed by atoms with E-state index >= 15 is 0 Å². The van der Waals surface area contributed by atoms with Gasteiger partial charge in [0.05, 0.1) is 18.8 Å². The van der Waals surface area contributed by atoms with Gasteiger partial charge in [0.1, 0.15) is 18.1 Å². The Balaban J connectivity index is 2.12. The average Bonchev–Trinajstić information content (AvgIpc) is 3.47. The Morgan fingerprint density at radius 2 is 1.97 bits per heavy atom. The molecule has 1 aromatic rings. The van der Waals surface area contributed by atoms with E-state index in [0.717, 1.165) is 0 Å². The number of aromatic amines is 1. The first-order chi connectivity index (χ1) is 16.0. The van der Waals surface area contributed by atoms with Gasteiger partial charge >= 0.3 is 11.9 Å². The molecule has 0 aliphatic carbocycles. The van der Waals surface area contributed by atoms with Crippen molar-refractivity contribution in [1.29, 1.82) is 0 Å². The molecule has 13 heteroatoms. The van der Waals surface area contributed by atoms with Gasteiger partial charge in [0.2, 0.25) is 17.7 Å². The number of carboxylic acid groups (broad SMARTS) is 2. The number of carboxylic acids is 2. The number of carbonyl (C=O) groups excluding carboxylic acids is 3. The number of nitrogens with zero attached hydrogens (tertiary/aromatic N) is 2. The first kappa shape index (κ1) is 26.8. The van der Waals surface area contributed by atoms with Crippen LogP contribution < -0.4 is 16.4 Å². The third-order valence-electron chi connectivity index (χ3n) is 5.94. The zero-order chi connectivity index (χ0) is 25.4. The SMILES string of the molecule is CCC(C)C(NC(=O)C(N)Cc1cnc[nH]1)C(=O)N1CCCC1C(=O)NC(CC(=O)O)C(=O)O. The van der Waals surface area contributed by atoms with E-state index in [0.29, 0.717) is 18.5 Å². The molecule has 7 N–H and O–H groups in total. The Bertz CT molecular complexity index is 890. The number of nitrogens with one attached hydrogen (secondary N) is 3. The number of H-pyrrole nitrogens is 1. The fourth-order valence-corrected chi connectivity index (χ4v) is 3.79. The summed E-state index contributed by atoms with van der Waals surface area (Å²) in [4.78, 5) is 69.1. The monoisotopic (exact) mass is 480 g/mol. The van der Waals surface area contributed by atoms with E-state index in [4.69, 9.17) is 10.8 Å². The van der Waals surface area contributed by atoms with Crippen LogP contribution in [0.4, 0.5) is 0 Å². The van der Waals surface area contributed by atoms with Crippen molar-refractivity contribution in [2.24, 2.45) is 11.7 Å². The van der Waals surface area contributed by atoms with Crippen molar-refractivity contribution < 1.29 is 34.2 Å². The molecule has 1 saturated heterocycles. The minimum atomic E-state index is -1.62. The maximum absolute atomic E-state index is 13.4. The average molecular weight is 481 g/mol. The van der Waals surface area contributed by atoms with Gasteiger partial charge in [0.25, 0.3) is 0 Å². The predicted octanol–water partition coefficient (Wildman–Crippen LogP) is -1.15. The van der Waals surface area contributed by atoms with Crippen molar-refractivity contribution >= 4 is 29.7 Å². The molecule has 188 valence electrons. The number of hydrogen-bond acceptors (Lipinski definition) is 7. The molecule has 1 aliphatic rings. The summed E-state index contributed by atoms with van der Waals surface area (Å²) in [6, 6.07) is -4.45. The van der Waals surface area contributed by atoms with Crippen molar-refractivity contribution in [3.63, 3.8) is 0 Å². The highest BCUT2D eigenvalue weighted by atomic mass is 16.4. The number of rotatable bonds is 12. The van der Waals surface area contributed by atoms with Crippen molar-refractivity contribution in [2.45, 2.75) is 70.1 Å². The van der Waals surface area contributed by atoms with Gasteiger partial charge in [-0.05, 0) is 18.8 Å². The first-order valence-electron chi connectivity index (χ1n) is 11.1. The molecule has 1 aliphatic heterocycles. The van der Waals surface area contributed by atoms with Crippen LogP contribution in [0.1, 0.15) is 45.2 Å². The van der Waals surface area contributed by atoms with Gasteiger partial charge in [-0.3, -0.25) is 19.2 Å². The van der Waals surface area contributed by atoms with Crippen LogP contribution in [0.15, 0.2) is 12.5 Å². The number of hydrogen-bond donors (Lipinski definition) is 6. The largest absolute Gasteiger partial charge is 0.481 e. The molecule has 13 nitrogen and oxygen atoms in total. The summed E-state index contributed by atoms with van der Waals surface area (Å²) in [5, 5.41) is 23.0. The van der Waals surface area contributed by atoms with Crippen LogP contribution in [-0.4, -0.2) is 85.5 Å². The lowest BCUT2D eigenvalue weighted by Gasteiger charge is -2.32. The van der Waals surface area contributed by atoms with Crippen LogP contribution >= 0.6 is 0 Å². The number of aromatic nitrogens is 2. The smallest absolute Gasteiger partial charge is 0.326 e. The van der Waals surface area contributed by atoms with Gasteiger partial charge in [-0.2, -0.15) is 0 Å². The van der Waals surface area contributed by atoms with Crippen LogP contribution in [0.25, 0.3) is 0 Å². The zero-order valence-electron chi connectivity index (χ0n) is 19.2. The Hall–Kier alpha value is -3.48. The molecule has 0 bridgehead atoms. The van der Waals surface area contributed by atoms with Crippen LogP contribution in [0.2, 0.25) is 0 Å². The molecule has 2 heterocycles. The standard InChI is InChI=1S/C21H32N6O7/c1-3-11(2)17(26-18(30)13(22)7-12-9-23-10-24-12)20(32)27-6-4-5-15(27)19(31)25-14(21(33)34)8-16(28)29/h9-11,13-15,17H,3-8,22H2,1-2H3,(H,23,24)(H,25,31)(H,26,30)(H,28,29)(H,33,34). The molecule has 0 spiro atoms. The Morgan fingerprint density at radius 1 is 1.26 bits per heavy atom. The van der Waals surface area contributed by atoms with Gasteiger partial charge in [-0.15, -0.1) is 0 Å². The lowest BCUT2D eigenvalue weighted by molar-refractivity contribution is -0.148. The Labute approximate surface area is 196 Å². The molecule has 3 amide bonds. The Morgan fingerprint density at radius 3 is 2.53 bits per heavy atom. The van der Waals surface area contributed by atoms with Gasteiger partial charge < -0.3 is 36.5 Å². The maximum Gasteiger partial charge on any atom is 0.326 e. The van der Waals surface area contributed by atoms with Crippen molar-refractivity contribution in [3.05, 3.63) is 18.2 Å². The maximum atomic E-state index is 13.4. The fourth-order valence-electron chi connectivity index (χ4n) is 3.79. The number of amides is 3. The van der Waals surface area contributed by atoms with Gasteiger partial charge in [0.15, 0.2) is 0 Å². The molecule has 0 aromatic carbocycles. The van der Waals surface area contributed by atoms with Crippen molar-refractivity contribution in [1.82, 2.24) is 25.5 Å². The van der Waals surface area contributed by atoms with Crippen LogP contribution in [0.5, 0.6) is 0 Å². The number of carbonyl (C=O) groups is 5. The third-order valence-corrected chi connectivity index (χ3v) is 5.94. The first-order valence-corrected chi connectivity index (χ1v) is 11.1. The zero-order valence-corrected chi connectivity index (χ0v) is 19.2. The van der Waals surface area contributed by atoms with E-state index in [-0.39, 0.29) is 25.3 Å². The van der Waals surface area contributed by atoms with Gasteiger partial charge in [0, 0.05) is 24.9 Å². The lowest BCUT2D eigenvalue weighted by atomic mass is 9.96. The van der Waals surface area contributed by atoms with Crippen LogP contribution in [0.3, 0.4) is 0 Å². The van der Waals surface area contributed by atoms with Gasteiger partial charge in [-0.1, -0.05) is 20.3 Å². The molecular formula is C21H32N6O7. The molecule has 0 radical (unpaired) electrons. The van der Waals surface area contributed by atoms with Crippen LogP contribution in [-0.2, 0) is 30.4 Å². The quantitative estimate of drug-likeness (QED) is 0.213. The highest BCUT2D eigenvalue weighted by molar-refractivity contribution is 5.95. The fraction of sp³-hybridized carbons (Fsp3) is 0.619. The number of nitrogens with two attached hydrogens (primary N) is 1. The molecular weight excluding hydrogens is 448 g/mol. The second-order valence-corrected chi connectivity index (χ2v) is 8.45. The topological polar surface area (TPSA) is 208 Å². The summed E-state index contributed by atoms with van der Waals surface area (Å²) >= 11 is 0. The van der Waals surface area contributed by atoms with E-state index in [1.54, 1.807) is 13.1 Å². The molecule has 0 saturated carbocycles. The predicted molar refractivity (Wildman–Crippen MR) is 118 cm³/mol. The molecule has 1 aromatic heterocycles. The third kappa shape index (κ3) is 7.01. The number of imidazole rings is 1. The molecule has 2 rings (SSSR count). The van der Waals surface area contributed by atoms with E-state index in [1.165, 1.54) is 11.2 Å². The summed E-state index contributed by atoms with van der Waals surface area (Å²) < 4.78 is 0. The molecule has 5 unspecified atom stereocenters. The summed E-state index contributed by atoms with van der Waals surface area (Å²) in [6.45, 7) is 3.90. The minimum absolute atomic E-state index is 0.197. The molecule has 34 heavy (non-hydrogen) atoms. The van der Waals surface area contributed by atoms with E-state index in [2.05, 4.69) is 20.6 Å². The van der Waals surface area contributed by atoms with Crippen molar-refractivity contribution in [3.8, 4) is 0 Å². The van der Waals surface area contributed by atoms with Crippen LogP contribution in [0, 0.1) is 5.92 Å².